The Balaban J connectivity index is 2.07. The summed E-state index contributed by atoms with van der Waals surface area (Å²) in [6.45, 7) is 3.31. The van der Waals surface area contributed by atoms with Crippen molar-refractivity contribution in [3.63, 3.8) is 0 Å². The molecule has 0 N–H and O–H groups in total. The Hall–Kier alpha value is -2.83. The molecule has 1 fully saturated rings. The van der Waals surface area contributed by atoms with Gasteiger partial charge < -0.3 is 4.90 Å². The summed E-state index contributed by atoms with van der Waals surface area (Å²) in [5.41, 5.74) is 0.190. The zero-order chi connectivity index (χ0) is 19.2. The summed E-state index contributed by atoms with van der Waals surface area (Å²) in [6, 6.07) is 10.6. The highest BCUT2D eigenvalue weighted by molar-refractivity contribution is 5.91. The second-order valence-electron chi connectivity index (χ2n) is 6.76. The molecule has 4 nitrogen and oxygen atoms in total. The fraction of sp³-hybridized carbons (Fsp3) is 0.300. The number of alkyl halides is 3. The summed E-state index contributed by atoms with van der Waals surface area (Å²) >= 11 is 0. The molecular weight excluding hydrogens is 355 g/mol. The topological polar surface area (TPSA) is 38.1 Å². The minimum atomic E-state index is -4.49. The van der Waals surface area contributed by atoms with Crippen LogP contribution in [0.5, 0.6) is 0 Å². The third kappa shape index (κ3) is 3.07. The molecule has 1 aliphatic heterocycles. The molecule has 0 bridgehead atoms. The van der Waals surface area contributed by atoms with Crippen LogP contribution >= 0.6 is 0 Å². The second kappa shape index (κ2) is 6.40. The second-order valence-corrected chi connectivity index (χ2v) is 6.76. The van der Waals surface area contributed by atoms with Gasteiger partial charge in [0.15, 0.2) is 0 Å². The first-order chi connectivity index (χ1) is 12.9. The van der Waals surface area contributed by atoms with Gasteiger partial charge in [0.25, 0.3) is 0 Å². The summed E-state index contributed by atoms with van der Waals surface area (Å²) in [6.07, 6.45) is -2.53. The van der Waals surface area contributed by atoms with Crippen LogP contribution in [0.4, 0.5) is 19.0 Å². The highest BCUT2D eigenvalue weighted by Gasteiger charge is 2.31. The standard InChI is InChI=1S/C20H18F3N3O/c1-13-6-2-3-7-16(13)26-17-12-14(20(21,22)23)8-9-15(17)18(24-19(26)27)25-10-4-5-11-25/h2-3,6-9,12H,4-5,10-11H2,1H3. The maximum atomic E-state index is 13.3. The molecule has 140 valence electrons. The van der Waals surface area contributed by atoms with E-state index < -0.39 is 17.4 Å². The molecule has 0 atom stereocenters. The maximum Gasteiger partial charge on any atom is 0.416 e. The van der Waals surface area contributed by atoms with E-state index in [1.807, 2.05) is 24.0 Å². The SMILES string of the molecule is Cc1ccccc1-n1c(=O)nc(N2CCCC2)c2ccc(C(F)(F)F)cc21. The number of aromatic nitrogens is 2. The van der Waals surface area contributed by atoms with Gasteiger partial charge in [-0.2, -0.15) is 18.2 Å². The lowest BCUT2D eigenvalue weighted by Crippen LogP contribution is -2.28. The Morgan fingerprint density at radius 3 is 2.41 bits per heavy atom. The van der Waals surface area contributed by atoms with Crippen molar-refractivity contribution >= 4 is 16.7 Å². The van der Waals surface area contributed by atoms with Crippen LogP contribution in [0.1, 0.15) is 24.0 Å². The largest absolute Gasteiger partial charge is 0.416 e. The Morgan fingerprint density at radius 2 is 1.74 bits per heavy atom. The fourth-order valence-corrected chi connectivity index (χ4v) is 3.60. The van der Waals surface area contributed by atoms with Crippen LogP contribution in [-0.2, 0) is 6.18 Å². The van der Waals surface area contributed by atoms with E-state index in [1.165, 1.54) is 10.6 Å². The maximum absolute atomic E-state index is 13.3. The van der Waals surface area contributed by atoms with Crippen LogP contribution in [0.3, 0.4) is 0 Å². The minimum Gasteiger partial charge on any atom is -0.356 e. The van der Waals surface area contributed by atoms with Gasteiger partial charge in [-0.25, -0.2) is 4.79 Å². The molecule has 0 aliphatic carbocycles. The number of fused-ring (bicyclic) bond motifs is 1. The van der Waals surface area contributed by atoms with Crippen LogP contribution in [0.15, 0.2) is 47.3 Å². The van der Waals surface area contributed by atoms with E-state index in [0.29, 0.717) is 16.9 Å². The average Bonchev–Trinajstić information content (AvgIpc) is 3.15. The molecular formula is C20H18F3N3O. The molecule has 7 heteroatoms. The van der Waals surface area contributed by atoms with Gasteiger partial charge in [-0.1, -0.05) is 18.2 Å². The molecule has 4 rings (SSSR count). The van der Waals surface area contributed by atoms with Gasteiger partial charge in [0, 0.05) is 18.5 Å². The molecule has 1 saturated heterocycles. The molecule has 0 saturated carbocycles. The summed E-state index contributed by atoms with van der Waals surface area (Å²) in [7, 11) is 0. The quantitative estimate of drug-likeness (QED) is 0.672. The number of benzene rings is 2. The summed E-state index contributed by atoms with van der Waals surface area (Å²) in [5.74, 6) is 0.464. The summed E-state index contributed by atoms with van der Waals surface area (Å²) < 4.78 is 41.2. The molecule has 0 amide bonds. The van der Waals surface area contributed by atoms with Crippen LogP contribution in [0.2, 0.25) is 0 Å². The van der Waals surface area contributed by atoms with Crippen molar-refractivity contribution < 1.29 is 13.2 Å². The van der Waals surface area contributed by atoms with Crippen molar-refractivity contribution in [1.82, 2.24) is 9.55 Å². The highest BCUT2D eigenvalue weighted by Crippen LogP contribution is 2.34. The first-order valence-corrected chi connectivity index (χ1v) is 8.81. The lowest BCUT2D eigenvalue weighted by molar-refractivity contribution is -0.137. The normalized spacial score (nSPS) is 14.9. The van der Waals surface area contributed by atoms with Crippen molar-refractivity contribution in [2.45, 2.75) is 25.9 Å². The number of hydrogen-bond donors (Lipinski definition) is 0. The summed E-state index contributed by atoms with van der Waals surface area (Å²) in [4.78, 5) is 19.1. The van der Waals surface area contributed by atoms with E-state index in [1.54, 1.807) is 12.1 Å². The molecule has 0 radical (unpaired) electrons. The first-order valence-electron chi connectivity index (χ1n) is 8.81. The lowest BCUT2D eigenvalue weighted by atomic mass is 10.1. The minimum absolute atomic E-state index is 0.223. The van der Waals surface area contributed by atoms with E-state index in [9.17, 15) is 18.0 Å². The molecule has 3 aromatic rings. The predicted molar refractivity (Wildman–Crippen MR) is 98.5 cm³/mol. The van der Waals surface area contributed by atoms with E-state index in [4.69, 9.17) is 0 Å². The Morgan fingerprint density at radius 1 is 1.04 bits per heavy atom. The predicted octanol–water partition coefficient (Wildman–Crippen LogP) is 4.31. The number of rotatable bonds is 2. The fourth-order valence-electron chi connectivity index (χ4n) is 3.60. The first kappa shape index (κ1) is 17.6. The number of halogens is 3. The van der Waals surface area contributed by atoms with Gasteiger partial charge in [-0.15, -0.1) is 0 Å². The molecule has 27 heavy (non-hydrogen) atoms. The monoisotopic (exact) mass is 373 g/mol. The smallest absolute Gasteiger partial charge is 0.356 e. The Labute approximate surface area is 153 Å². The average molecular weight is 373 g/mol. The number of hydrogen-bond acceptors (Lipinski definition) is 3. The van der Waals surface area contributed by atoms with Gasteiger partial charge in [0.05, 0.1) is 16.8 Å². The van der Waals surface area contributed by atoms with E-state index in [0.717, 1.165) is 43.6 Å². The van der Waals surface area contributed by atoms with Crippen molar-refractivity contribution in [2.24, 2.45) is 0 Å². The third-order valence-corrected chi connectivity index (χ3v) is 4.96. The molecule has 2 heterocycles. The molecule has 0 spiro atoms. The number of para-hydroxylation sites is 1. The van der Waals surface area contributed by atoms with Crippen molar-refractivity contribution in [3.05, 3.63) is 64.1 Å². The van der Waals surface area contributed by atoms with Crippen LogP contribution < -0.4 is 10.6 Å². The van der Waals surface area contributed by atoms with Gasteiger partial charge in [0.2, 0.25) is 0 Å². The lowest BCUT2D eigenvalue weighted by Gasteiger charge is -2.21. The van der Waals surface area contributed by atoms with Crippen LogP contribution in [0.25, 0.3) is 16.6 Å². The van der Waals surface area contributed by atoms with Gasteiger partial charge in [-0.05, 0) is 49.6 Å². The van der Waals surface area contributed by atoms with Crippen LogP contribution in [-0.4, -0.2) is 22.6 Å². The van der Waals surface area contributed by atoms with E-state index >= 15 is 0 Å². The van der Waals surface area contributed by atoms with Crippen molar-refractivity contribution in [1.29, 1.82) is 0 Å². The van der Waals surface area contributed by atoms with Gasteiger partial charge in [0.1, 0.15) is 5.82 Å². The van der Waals surface area contributed by atoms with Crippen molar-refractivity contribution in [3.8, 4) is 5.69 Å². The van der Waals surface area contributed by atoms with E-state index in [2.05, 4.69) is 4.98 Å². The zero-order valence-corrected chi connectivity index (χ0v) is 14.8. The highest BCUT2D eigenvalue weighted by atomic mass is 19.4. The molecule has 2 aromatic carbocycles. The summed E-state index contributed by atoms with van der Waals surface area (Å²) in [5, 5.41) is 0.549. The number of anilines is 1. The van der Waals surface area contributed by atoms with E-state index in [-0.39, 0.29) is 5.52 Å². The Bertz CT molecular complexity index is 1070. The van der Waals surface area contributed by atoms with Gasteiger partial charge in [-0.3, -0.25) is 4.57 Å². The zero-order valence-electron chi connectivity index (χ0n) is 14.8. The molecule has 1 aliphatic rings. The van der Waals surface area contributed by atoms with Gasteiger partial charge >= 0.3 is 11.9 Å². The molecule has 1 aromatic heterocycles. The number of aryl methyl sites for hydroxylation is 1. The Kier molecular flexibility index (Phi) is 4.17. The third-order valence-electron chi connectivity index (χ3n) is 4.96. The van der Waals surface area contributed by atoms with Crippen LogP contribution in [0, 0.1) is 6.92 Å². The molecule has 0 unspecified atom stereocenters. The van der Waals surface area contributed by atoms with Crippen molar-refractivity contribution in [2.75, 3.05) is 18.0 Å². The number of nitrogens with zero attached hydrogens (tertiary/aromatic N) is 3.